The minimum absolute atomic E-state index is 0.0129. The van der Waals surface area contributed by atoms with E-state index in [4.69, 9.17) is 8.83 Å². The number of hydrogen-bond donors (Lipinski definition) is 0. The second-order valence-corrected chi connectivity index (χ2v) is 19.0. The minimum atomic E-state index is -0.0355. The Labute approximate surface area is 356 Å². The summed E-state index contributed by atoms with van der Waals surface area (Å²) in [7, 11) is 0. The number of anilines is 6. The van der Waals surface area contributed by atoms with E-state index in [0.717, 1.165) is 60.8 Å². The number of nitrogens with zero attached hydrogens (tertiary/aromatic N) is 2. The topological polar surface area (TPSA) is 32.8 Å². The van der Waals surface area contributed by atoms with Gasteiger partial charge in [-0.3, -0.25) is 0 Å². The number of hydrogen-bond acceptors (Lipinski definition) is 4. The molecule has 8 aromatic carbocycles. The zero-order chi connectivity index (χ0) is 41.4. The first-order valence-electron chi connectivity index (χ1n) is 21.5. The molecule has 294 valence electrons. The van der Waals surface area contributed by atoms with Gasteiger partial charge in [-0.05, 0) is 116 Å². The van der Waals surface area contributed by atoms with Gasteiger partial charge in [-0.15, -0.1) is 0 Å². The molecule has 4 heterocycles. The largest absolute Gasteiger partial charge is 0.456 e. The molecule has 10 aromatic rings. The third-order valence-electron chi connectivity index (χ3n) is 13.2. The Balaban J connectivity index is 1.09. The summed E-state index contributed by atoms with van der Waals surface area (Å²) in [6.45, 7) is 13.9. The summed E-state index contributed by atoms with van der Waals surface area (Å²) in [5, 5.41) is 4.52. The fourth-order valence-corrected chi connectivity index (χ4v) is 10.0. The molecule has 0 amide bonds. The smallest absolute Gasteiger partial charge is 0.252 e. The SMILES string of the molecule is CC(C)(C)c1ccc2c(c1)B1c3cc(C(C)(C)C)ccc3N(c3cccc4c3oc3ccccc34)c3cccc(c31)N2c1ccc(-c2ccc3oc4ccccc4c3c2)cc1. The van der Waals surface area contributed by atoms with Gasteiger partial charge >= 0.3 is 0 Å². The highest BCUT2D eigenvalue weighted by molar-refractivity contribution is 7.00. The molecule has 0 spiro atoms. The molecule has 0 bridgehead atoms. The fraction of sp³-hybridized carbons (Fsp3) is 0.143. The molecule has 0 saturated carbocycles. The van der Waals surface area contributed by atoms with Crippen molar-refractivity contribution in [3.63, 3.8) is 0 Å². The monoisotopic (exact) mass is 788 g/mol. The molecule has 12 rings (SSSR count). The summed E-state index contributed by atoms with van der Waals surface area (Å²) in [6, 6.07) is 60.1. The van der Waals surface area contributed by atoms with Crippen molar-refractivity contribution < 1.29 is 8.83 Å². The normalized spacial score (nSPS) is 13.6. The fourth-order valence-electron chi connectivity index (χ4n) is 10.0. The Morgan fingerprint density at radius 2 is 0.918 bits per heavy atom. The first kappa shape index (κ1) is 35.9. The first-order valence-corrected chi connectivity index (χ1v) is 21.5. The van der Waals surface area contributed by atoms with Crippen LogP contribution < -0.4 is 26.2 Å². The lowest BCUT2D eigenvalue weighted by Crippen LogP contribution is -2.61. The van der Waals surface area contributed by atoms with E-state index in [2.05, 4.69) is 203 Å². The lowest BCUT2D eigenvalue weighted by molar-refractivity contribution is 0.590. The third kappa shape index (κ3) is 5.39. The molecule has 0 N–H and O–H groups in total. The standard InChI is InChI=1S/C56H45BN2O2/c1-55(2,3)36-24-28-45-43(32-36)57-44-33-37(56(4,5)6)25-29-46(44)59(49-18-11-15-41-39-13-7-10-20-51(39)61-54(41)49)48-17-12-16-47(53(48)57)58(45)38-26-21-34(22-27-38)35-23-30-52-42(31-35)40-14-8-9-19-50(40)60-52/h7-33H,1-6H3. The molecule has 5 heteroatoms. The Kier molecular flexibility index (Phi) is 7.52. The molecular formula is C56H45BN2O2. The van der Waals surface area contributed by atoms with Gasteiger partial charge in [-0.2, -0.15) is 0 Å². The average molecular weight is 789 g/mol. The van der Waals surface area contributed by atoms with Crippen LogP contribution in [0.3, 0.4) is 0 Å². The van der Waals surface area contributed by atoms with E-state index in [9.17, 15) is 0 Å². The van der Waals surface area contributed by atoms with Crippen molar-refractivity contribution in [2.45, 2.75) is 52.4 Å². The molecule has 2 aliphatic rings. The van der Waals surface area contributed by atoms with E-state index >= 15 is 0 Å². The van der Waals surface area contributed by atoms with Crippen molar-refractivity contribution >= 4 is 101 Å². The molecule has 0 fully saturated rings. The van der Waals surface area contributed by atoms with Crippen LogP contribution in [0.25, 0.3) is 55.0 Å². The van der Waals surface area contributed by atoms with Gasteiger partial charge in [0.2, 0.25) is 0 Å². The van der Waals surface area contributed by atoms with Crippen LogP contribution in [-0.2, 0) is 10.8 Å². The third-order valence-corrected chi connectivity index (χ3v) is 13.2. The van der Waals surface area contributed by atoms with Crippen LogP contribution >= 0.6 is 0 Å². The molecule has 0 aliphatic carbocycles. The Morgan fingerprint density at radius 3 is 1.59 bits per heavy atom. The Hall–Kier alpha value is -6.98. The van der Waals surface area contributed by atoms with E-state index < -0.39 is 0 Å². The predicted octanol–water partition coefficient (Wildman–Crippen LogP) is 13.8. The van der Waals surface area contributed by atoms with E-state index in [-0.39, 0.29) is 17.5 Å². The maximum absolute atomic E-state index is 6.77. The summed E-state index contributed by atoms with van der Waals surface area (Å²) < 4.78 is 12.9. The number of furan rings is 2. The van der Waals surface area contributed by atoms with Crippen LogP contribution in [0.5, 0.6) is 0 Å². The van der Waals surface area contributed by atoms with Crippen LogP contribution in [0, 0.1) is 0 Å². The summed E-state index contributed by atoms with van der Waals surface area (Å²) >= 11 is 0. The maximum Gasteiger partial charge on any atom is 0.252 e. The number of rotatable bonds is 3. The summed E-state index contributed by atoms with van der Waals surface area (Å²) in [5.74, 6) is 0. The Bertz CT molecular complexity index is 3410. The van der Waals surface area contributed by atoms with Gasteiger partial charge in [0.25, 0.3) is 6.71 Å². The van der Waals surface area contributed by atoms with Gasteiger partial charge in [0, 0.05) is 50.0 Å². The lowest BCUT2D eigenvalue weighted by Gasteiger charge is -2.44. The molecule has 2 aromatic heterocycles. The highest BCUT2D eigenvalue weighted by Gasteiger charge is 2.44. The quantitative estimate of drug-likeness (QED) is 0.167. The average Bonchev–Trinajstić information content (AvgIpc) is 3.84. The van der Waals surface area contributed by atoms with E-state index in [1.54, 1.807) is 0 Å². The summed E-state index contributed by atoms with van der Waals surface area (Å²) in [4.78, 5) is 4.96. The van der Waals surface area contributed by atoms with Crippen molar-refractivity contribution in [1.29, 1.82) is 0 Å². The van der Waals surface area contributed by atoms with Crippen LogP contribution in [0.4, 0.5) is 34.1 Å². The molecule has 0 unspecified atom stereocenters. The van der Waals surface area contributed by atoms with Crippen LogP contribution in [-0.4, -0.2) is 6.71 Å². The summed E-state index contributed by atoms with van der Waals surface area (Å²) in [5.41, 5.74) is 19.4. The van der Waals surface area contributed by atoms with Crippen LogP contribution in [0.2, 0.25) is 0 Å². The Morgan fingerprint density at radius 1 is 0.393 bits per heavy atom. The number of para-hydroxylation sites is 3. The van der Waals surface area contributed by atoms with Crippen molar-refractivity contribution in [2.24, 2.45) is 0 Å². The molecule has 2 aliphatic heterocycles. The zero-order valence-electron chi connectivity index (χ0n) is 35.4. The highest BCUT2D eigenvalue weighted by Crippen LogP contribution is 2.47. The number of benzene rings is 8. The molecule has 61 heavy (non-hydrogen) atoms. The van der Waals surface area contributed by atoms with Crippen molar-refractivity contribution in [3.8, 4) is 11.1 Å². The maximum atomic E-state index is 6.77. The zero-order valence-corrected chi connectivity index (χ0v) is 35.4. The van der Waals surface area contributed by atoms with Gasteiger partial charge in [-0.1, -0.05) is 139 Å². The van der Waals surface area contributed by atoms with E-state index in [0.29, 0.717) is 0 Å². The van der Waals surface area contributed by atoms with Crippen LogP contribution in [0.1, 0.15) is 52.7 Å². The van der Waals surface area contributed by atoms with Gasteiger partial charge in [0.1, 0.15) is 16.7 Å². The molecule has 0 saturated heterocycles. The molecular weight excluding hydrogens is 743 g/mol. The molecule has 4 nitrogen and oxygen atoms in total. The number of fused-ring (bicyclic) bond motifs is 10. The van der Waals surface area contributed by atoms with Crippen molar-refractivity contribution in [3.05, 3.63) is 175 Å². The predicted molar refractivity (Wildman–Crippen MR) is 258 cm³/mol. The van der Waals surface area contributed by atoms with Crippen molar-refractivity contribution in [1.82, 2.24) is 0 Å². The molecule has 0 radical (unpaired) electrons. The lowest BCUT2D eigenvalue weighted by atomic mass is 9.33. The highest BCUT2D eigenvalue weighted by atomic mass is 16.3. The van der Waals surface area contributed by atoms with Gasteiger partial charge in [0.15, 0.2) is 5.58 Å². The minimum Gasteiger partial charge on any atom is -0.456 e. The molecule has 0 atom stereocenters. The second kappa shape index (κ2) is 12.8. The first-order chi connectivity index (χ1) is 29.5. The van der Waals surface area contributed by atoms with Crippen molar-refractivity contribution in [2.75, 3.05) is 9.80 Å². The second-order valence-electron chi connectivity index (χ2n) is 19.0. The van der Waals surface area contributed by atoms with E-state index in [1.807, 2.05) is 12.1 Å². The van der Waals surface area contributed by atoms with Gasteiger partial charge in [-0.25, -0.2) is 0 Å². The summed E-state index contributed by atoms with van der Waals surface area (Å²) in [6.07, 6.45) is 0. The van der Waals surface area contributed by atoms with E-state index in [1.165, 1.54) is 55.8 Å². The van der Waals surface area contributed by atoms with Crippen LogP contribution in [0.15, 0.2) is 173 Å². The van der Waals surface area contributed by atoms with Gasteiger partial charge < -0.3 is 18.6 Å². The van der Waals surface area contributed by atoms with Gasteiger partial charge in [0.05, 0.1) is 5.69 Å².